The summed E-state index contributed by atoms with van der Waals surface area (Å²) in [6.45, 7) is 4.96. The molecular formula is C23H23FN4O3. The van der Waals surface area contributed by atoms with E-state index in [-0.39, 0.29) is 30.1 Å². The summed E-state index contributed by atoms with van der Waals surface area (Å²) in [5.74, 6) is -0.230. The number of hydrogen-bond acceptors (Lipinski definition) is 5. The largest absolute Gasteiger partial charge is 0.489 e. The number of aryl methyl sites for hydroxylation is 2. The molecule has 0 radical (unpaired) electrons. The highest BCUT2D eigenvalue weighted by molar-refractivity contribution is 6.00. The number of aromatic nitrogens is 3. The molecule has 1 aromatic carbocycles. The number of ketones is 1. The molecule has 0 unspecified atom stereocenters. The van der Waals surface area contributed by atoms with Gasteiger partial charge in [0.05, 0.1) is 11.8 Å². The van der Waals surface area contributed by atoms with Crippen molar-refractivity contribution in [3.8, 4) is 5.75 Å². The Morgan fingerprint density at radius 2 is 2.10 bits per heavy atom. The minimum atomic E-state index is -0.448. The van der Waals surface area contributed by atoms with Gasteiger partial charge in [-0.15, -0.1) is 0 Å². The Morgan fingerprint density at radius 1 is 1.26 bits per heavy atom. The molecule has 0 bridgehead atoms. The molecule has 0 spiro atoms. The number of ether oxygens (including phenoxy) is 1. The number of likely N-dealkylation sites (tertiary alicyclic amines) is 1. The fourth-order valence-electron chi connectivity index (χ4n) is 4.67. The van der Waals surface area contributed by atoms with Crippen LogP contribution in [0.1, 0.15) is 51.4 Å². The van der Waals surface area contributed by atoms with Gasteiger partial charge in [0.15, 0.2) is 11.4 Å². The molecular weight excluding hydrogens is 399 g/mol. The van der Waals surface area contributed by atoms with Crippen molar-refractivity contribution in [1.82, 2.24) is 19.5 Å². The highest BCUT2D eigenvalue weighted by atomic mass is 19.1. The predicted molar refractivity (Wildman–Crippen MR) is 111 cm³/mol. The maximum Gasteiger partial charge on any atom is 0.259 e. The number of carbonyl (C=O) groups is 2. The summed E-state index contributed by atoms with van der Waals surface area (Å²) >= 11 is 0. The number of hydrogen-bond donors (Lipinski definition) is 0. The van der Waals surface area contributed by atoms with Crippen LogP contribution < -0.4 is 4.74 Å². The molecule has 5 rings (SSSR count). The van der Waals surface area contributed by atoms with Crippen LogP contribution in [-0.2, 0) is 0 Å². The average molecular weight is 422 g/mol. The minimum absolute atomic E-state index is 0.0260. The maximum absolute atomic E-state index is 13.5. The zero-order valence-corrected chi connectivity index (χ0v) is 17.5. The normalized spacial score (nSPS) is 21.1. The zero-order chi connectivity index (χ0) is 21.7. The number of benzene rings is 1. The van der Waals surface area contributed by atoms with Crippen molar-refractivity contribution >= 4 is 17.3 Å². The van der Waals surface area contributed by atoms with Gasteiger partial charge in [0.1, 0.15) is 23.2 Å². The first-order valence-corrected chi connectivity index (χ1v) is 10.5. The molecule has 1 saturated heterocycles. The second-order valence-corrected chi connectivity index (χ2v) is 8.41. The quantitative estimate of drug-likeness (QED) is 0.633. The molecule has 3 aromatic rings. The summed E-state index contributed by atoms with van der Waals surface area (Å²) in [6, 6.07) is 5.96. The van der Waals surface area contributed by atoms with Crippen LogP contribution in [-0.4, -0.2) is 50.4 Å². The van der Waals surface area contributed by atoms with E-state index in [1.165, 1.54) is 18.2 Å². The van der Waals surface area contributed by atoms with E-state index in [2.05, 4.69) is 10.1 Å². The summed E-state index contributed by atoms with van der Waals surface area (Å²) in [6.07, 6.45) is 3.13. The molecule has 1 fully saturated rings. The molecule has 31 heavy (non-hydrogen) atoms. The Bertz CT molecular complexity index is 1200. The lowest BCUT2D eigenvalue weighted by Gasteiger charge is -2.38. The van der Waals surface area contributed by atoms with Crippen molar-refractivity contribution in [2.24, 2.45) is 5.92 Å². The van der Waals surface area contributed by atoms with Gasteiger partial charge in [-0.2, -0.15) is 5.10 Å². The number of amides is 1. The molecule has 7 nitrogen and oxygen atoms in total. The second kappa shape index (κ2) is 7.44. The third-order valence-corrected chi connectivity index (χ3v) is 6.19. The molecule has 0 aliphatic carbocycles. The Kier molecular flexibility index (Phi) is 4.72. The predicted octanol–water partition coefficient (Wildman–Crippen LogP) is 3.37. The van der Waals surface area contributed by atoms with Crippen molar-refractivity contribution in [2.75, 3.05) is 13.1 Å². The lowest BCUT2D eigenvalue weighted by Crippen LogP contribution is -2.46. The lowest BCUT2D eigenvalue weighted by molar-refractivity contribution is 0.0409. The van der Waals surface area contributed by atoms with Crippen LogP contribution in [0.15, 0.2) is 30.5 Å². The van der Waals surface area contributed by atoms with Crippen LogP contribution in [0, 0.1) is 25.6 Å². The summed E-state index contributed by atoms with van der Waals surface area (Å²) in [4.78, 5) is 32.2. The van der Waals surface area contributed by atoms with E-state index in [1.807, 2.05) is 19.9 Å². The standard InChI is InChI=1S/C23H23FN4O3/c1-13-8-14(2)28-22(26-13)18(11-25-28)23(30)27-7-3-4-15(12-27)21-10-19(29)17-9-16(24)5-6-20(17)31-21/h5-6,8-9,11,15,21H,3-4,7,10,12H2,1-2H3/t15-,21+/m1/s1. The number of Topliss-reactive ketones (excluding diaryl/α,β-unsaturated/α-hetero) is 1. The second-order valence-electron chi connectivity index (χ2n) is 8.41. The summed E-state index contributed by atoms with van der Waals surface area (Å²) < 4.78 is 21.2. The van der Waals surface area contributed by atoms with Gasteiger partial charge in [0.2, 0.25) is 0 Å². The van der Waals surface area contributed by atoms with E-state index in [1.54, 1.807) is 15.6 Å². The molecule has 1 amide bonds. The summed E-state index contributed by atoms with van der Waals surface area (Å²) in [5, 5.41) is 4.33. The number of halogens is 1. The van der Waals surface area contributed by atoms with Crippen LogP contribution in [0.3, 0.4) is 0 Å². The smallest absolute Gasteiger partial charge is 0.259 e. The van der Waals surface area contributed by atoms with Crippen molar-refractivity contribution in [3.63, 3.8) is 0 Å². The van der Waals surface area contributed by atoms with E-state index < -0.39 is 5.82 Å². The zero-order valence-electron chi connectivity index (χ0n) is 17.5. The molecule has 160 valence electrons. The SMILES string of the molecule is Cc1cc(C)n2ncc(C(=O)N3CCC[C@@H]([C@@H]4CC(=O)c5cc(F)ccc5O4)C3)c2n1. The first-order valence-electron chi connectivity index (χ1n) is 10.5. The molecule has 8 heteroatoms. The fraction of sp³-hybridized carbons (Fsp3) is 0.391. The summed E-state index contributed by atoms with van der Waals surface area (Å²) in [5.41, 5.74) is 3.09. The van der Waals surface area contributed by atoms with Crippen LogP contribution in [0.2, 0.25) is 0 Å². The Labute approximate surface area is 178 Å². The Balaban J connectivity index is 1.37. The number of fused-ring (bicyclic) bond motifs is 2. The van der Waals surface area contributed by atoms with Crippen LogP contribution >= 0.6 is 0 Å². The third-order valence-electron chi connectivity index (χ3n) is 6.19. The monoisotopic (exact) mass is 422 g/mol. The number of piperidine rings is 1. The number of nitrogens with zero attached hydrogens (tertiary/aromatic N) is 4. The molecule has 2 aromatic heterocycles. The highest BCUT2D eigenvalue weighted by Gasteiger charge is 2.36. The van der Waals surface area contributed by atoms with Crippen LogP contribution in [0.4, 0.5) is 4.39 Å². The molecule has 2 aliphatic rings. The first-order chi connectivity index (χ1) is 14.9. The number of carbonyl (C=O) groups excluding carboxylic acids is 2. The van der Waals surface area contributed by atoms with E-state index in [0.29, 0.717) is 35.6 Å². The first kappa shape index (κ1) is 19.7. The fourth-order valence-corrected chi connectivity index (χ4v) is 4.67. The van der Waals surface area contributed by atoms with Crippen molar-refractivity contribution in [2.45, 2.75) is 39.2 Å². The van der Waals surface area contributed by atoms with Gasteiger partial charge in [0.25, 0.3) is 5.91 Å². The summed E-state index contributed by atoms with van der Waals surface area (Å²) in [7, 11) is 0. The minimum Gasteiger partial charge on any atom is -0.489 e. The van der Waals surface area contributed by atoms with Gasteiger partial charge >= 0.3 is 0 Å². The van der Waals surface area contributed by atoms with E-state index in [9.17, 15) is 14.0 Å². The van der Waals surface area contributed by atoms with E-state index in [4.69, 9.17) is 4.74 Å². The van der Waals surface area contributed by atoms with Gasteiger partial charge in [-0.3, -0.25) is 9.59 Å². The molecule has 0 N–H and O–H groups in total. The highest BCUT2D eigenvalue weighted by Crippen LogP contribution is 2.34. The molecule has 2 aliphatic heterocycles. The van der Waals surface area contributed by atoms with Gasteiger partial charge in [-0.1, -0.05) is 0 Å². The van der Waals surface area contributed by atoms with Gasteiger partial charge in [-0.05, 0) is 51.0 Å². The number of rotatable bonds is 2. The van der Waals surface area contributed by atoms with Crippen molar-refractivity contribution < 1.29 is 18.7 Å². The lowest BCUT2D eigenvalue weighted by atomic mass is 9.86. The van der Waals surface area contributed by atoms with E-state index >= 15 is 0 Å². The van der Waals surface area contributed by atoms with Crippen molar-refractivity contribution in [1.29, 1.82) is 0 Å². The molecule has 4 heterocycles. The van der Waals surface area contributed by atoms with Gasteiger partial charge < -0.3 is 9.64 Å². The molecule has 0 saturated carbocycles. The van der Waals surface area contributed by atoms with Crippen molar-refractivity contribution in [3.05, 3.63) is 58.8 Å². The van der Waals surface area contributed by atoms with Gasteiger partial charge in [-0.25, -0.2) is 13.9 Å². The Morgan fingerprint density at radius 3 is 2.94 bits per heavy atom. The third kappa shape index (κ3) is 3.45. The topological polar surface area (TPSA) is 76.8 Å². The van der Waals surface area contributed by atoms with Gasteiger partial charge in [0, 0.05) is 36.8 Å². The van der Waals surface area contributed by atoms with Crippen LogP contribution in [0.25, 0.3) is 5.65 Å². The molecule has 2 atom stereocenters. The average Bonchev–Trinajstić information content (AvgIpc) is 3.18. The van der Waals surface area contributed by atoms with E-state index in [0.717, 1.165) is 24.2 Å². The van der Waals surface area contributed by atoms with Crippen LogP contribution in [0.5, 0.6) is 5.75 Å². The maximum atomic E-state index is 13.5. The Hall–Kier alpha value is -3.29.